The lowest BCUT2D eigenvalue weighted by Gasteiger charge is -2.30. The molecule has 1 aliphatic heterocycles. The van der Waals surface area contributed by atoms with Crippen molar-refractivity contribution >= 4 is 34.1 Å². The summed E-state index contributed by atoms with van der Waals surface area (Å²) < 4.78 is 13.7. The molecule has 5 heteroatoms. The lowest BCUT2D eigenvalue weighted by atomic mass is 9.82. The maximum absolute atomic E-state index is 13.7. The van der Waals surface area contributed by atoms with Crippen LogP contribution in [0.4, 0.5) is 4.39 Å². The van der Waals surface area contributed by atoms with Gasteiger partial charge >= 0.3 is 0 Å². The Morgan fingerprint density at radius 2 is 1.69 bits per heavy atom. The quantitative estimate of drug-likeness (QED) is 0.425. The van der Waals surface area contributed by atoms with E-state index in [4.69, 9.17) is 23.1 Å². The number of halogens is 2. The van der Waals surface area contributed by atoms with Crippen LogP contribution in [0.1, 0.15) is 11.1 Å². The zero-order valence-electron chi connectivity index (χ0n) is 15.4. The van der Waals surface area contributed by atoms with E-state index in [1.807, 2.05) is 24.3 Å². The van der Waals surface area contributed by atoms with Gasteiger partial charge in [0.1, 0.15) is 5.82 Å². The van der Waals surface area contributed by atoms with Crippen LogP contribution in [0, 0.1) is 5.82 Å². The molecule has 144 valence electrons. The van der Waals surface area contributed by atoms with E-state index in [2.05, 4.69) is 36.4 Å². The van der Waals surface area contributed by atoms with Gasteiger partial charge in [0.25, 0.3) is 0 Å². The summed E-state index contributed by atoms with van der Waals surface area (Å²) in [5, 5.41) is 2.01. The zero-order valence-corrected chi connectivity index (χ0v) is 17.0. The van der Waals surface area contributed by atoms with E-state index < -0.39 is 16.7 Å². The van der Waals surface area contributed by atoms with Crippen molar-refractivity contribution < 1.29 is 4.39 Å². The average Bonchev–Trinajstić information content (AvgIpc) is 3.01. The minimum Gasteiger partial charge on any atom is -0.317 e. The zero-order chi connectivity index (χ0) is 20.2. The van der Waals surface area contributed by atoms with E-state index in [1.54, 1.807) is 23.9 Å². The molecule has 0 fully saturated rings. The van der Waals surface area contributed by atoms with Gasteiger partial charge in [-0.05, 0) is 51.2 Å². The molecular formula is C24H18ClFN2S. The molecule has 5 rings (SSSR count). The third kappa shape index (κ3) is 2.87. The van der Waals surface area contributed by atoms with Crippen molar-refractivity contribution in [2.75, 3.05) is 0 Å². The van der Waals surface area contributed by atoms with E-state index >= 15 is 0 Å². The number of fused-ring (bicyclic) bond motifs is 2. The summed E-state index contributed by atoms with van der Waals surface area (Å²) in [4.78, 5) is 1.05. The first-order valence-electron chi connectivity index (χ1n) is 9.28. The van der Waals surface area contributed by atoms with Crippen LogP contribution in [0.2, 0.25) is 5.02 Å². The molecule has 0 saturated carbocycles. The van der Waals surface area contributed by atoms with E-state index in [9.17, 15) is 4.39 Å². The summed E-state index contributed by atoms with van der Waals surface area (Å²) in [5.74, 6) is -0.469. The highest BCUT2D eigenvalue weighted by atomic mass is 35.5. The molecule has 0 radical (unpaired) electrons. The van der Waals surface area contributed by atoms with Crippen LogP contribution in [0.25, 0.3) is 21.9 Å². The number of nitrogens with two attached hydrogens (primary N) is 2. The third-order valence-electron chi connectivity index (χ3n) is 5.61. The standard InChI is InChI=1S/C24H18ClFN2S/c25-20-13-17(10-11-21(20)26)24(28)19-7-3-6-18(22(19)29-23(24)27)16-9-8-14-4-1-2-5-15(14)12-16/h1-13,23H,27-28H2. The molecule has 2 unspecified atom stereocenters. The van der Waals surface area contributed by atoms with Gasteiger partial charge in [0.05, 0.1) is 15.9 Å². The Kier molecular flexibility index (Phi) is 4.41. The molecular weight excluding hydrogens is 403 g/mol. The predicted octanol–water partition coefficient (Wildman–Crippen LogP) is 5.89. The van der Waals surface area contributed by atoms with Crippen LogP contribution in [-0.2, 0) is 5.54 Å². The molecule has 0 aliphatic carbocycles. The van der Waals surface area contributed by atoms with Crippen LogP contribution >= 0.6 is 23.4 Å². The smallest absolute Gasteiger partial charge is 0.141 e. The maximum Gasteiger partial charge on any atom is 0.141 e. The first-order chi connectivity index (χ1) is 14.0. The number of hydrogen-bond acceptors (Lipinski definition) is 3. The van der Waals surface area contributed by atoms with E-state index in [0.717, 1.165) is 21.6 Å². The summed E-state index contributed by atoms with van der Waals surface area (Å²) >= 11 is 7.58. The van der Waals surface area contributed by atoms with Gasteiger partial charge in [-0.25, -0.2) is 4.39 Å². The van der Waals surface area contributed by atoms with Crippen molar-refractivity contribution in [3.63, 3.8) is 0 Å². The third-order valence-corrected chi connectivity index (χ3v) is 7.20. The van der Waals surface area contributed by atoms with Gasteiger partial charge in [0.2, 0.25) is 0 Å². The molecule has 29 heavy (non-hydrogen) atoms. The molecule has 4 aromatic carbocycles. The van der Waals surface area contributed by atoms with Crippen molar-refractivity contribution in [1.29, 1.82) is 0 Å². The lowest BCUT2D eigenvalue weighted by molar-refractivity contribution is 0.524. The minimum atomic E-state index is -0.954. The SMILES string of the molecule is NC1Sc2c(-c3ccc4ccccc4c3)cccc2C1(N)c1ccc(F)c(Cl)c1. The Hall–Kier alpha value is -2.37. The number of hydrogen-bond donors (Lipinski definition) is 2. The second kappa shape index (κ2) is 6.85. The molecule has 0 saturated heterocycles. The van der Waals surface area contributed by atoms with E-state index in [0.29, 0.717) is 5.56 Å². The average molecular weight is 421 g/mol. The van der Waals surface area contributed by atoms with Crippen molar-refractivity contribution in [2.45, 2.75) is 15.8 Å². The maximum atomic E-state index is 13.7. The molecule has 1 heterocycles. The van der Waals surface area contributed by atoms with Crippen molar-refractivity contribution in [2.24, 2.45) is 11.5 Å². The van der Waals surface area contributed by atoms with Crippen molar-refractivity contribution in [3.8, 4) is 11.1 Å². The second-order valence-corrected chi connectivity index (χ2v) is 8.84. The normalized spacial score (nSPS) is 20.8. The fraction of sp³-hybridized carbons (Fsp3) is 0.0833. The number of thioether (sulfide) groups is 1. The first kappa shape index (κ1) is 18.6. The van der Waals surface area contributed by atoms with Crippen LogP contribution in [-0.4, -0.2) is 5.37 Å². The van der Waals surface area contributed by atoms with Gasteiger partial charge in [-0.3, -0.25) is 0 Å². The fourth-order valence-electron chi connectivity index (χ4n) is 4.02. The van der Waals surface area contributed by atoms with Gasteiger partial charge in [-0.1, -0.05) is 72.3 Å². The Balaban J connectivity index is 1.68. The van der Waals surface area contributed by atoms with Crippen LogP contribution in [0.15, 0.2) is 83.8 Å². The Bertz CT molecular complexity index is 1260. The van der Waals surface area contributed by atoms with Gasteiger partial charge in [-0.15, -0.1) is 11.8 Å². The molecule has 4 N–H and O–H groups in total. The predicted molar refractivity (Wildman–Crippen MR) is 120 cm³/mol. The summed E-state index contributed by atoms with van der Waals surface area (Å²) in [7, 11) is 0. The Morgan fingerprint density at radius 3 is 2.48 bits per heavy atom. The van der Waals surface area contributed by atoms with Gasteiger partial charge < -0.3 is 11.5 Å². The molecule has 0 aromatic heterocycles. The highest BCUT2D eigenvalue weighted by molar-refractivity contribution is 8.00. The monoisotopic (exact) mass is 420 g/mol. The topological polar surface area (TPSA) is 52.0 Å². The molecule has 0 spiro atoms. The minimum absolute atomic E-state index is 0.0451. The molecule has 0 bridgehead atoms. The van der Waals surface area contributed by atoms with Crippen LogP contribution in [0.3, 0.4) is 0 Å². The summed E-state index contributed by atoms with van der Waals surface area (Å²) in [5.41, 5.74) is 16.3. The molecule has 1 aliphatic rings. The van der Waals surface area contributed by atoms with Crippen LogP contribution < -0.4 is 11.5 Å². The molecule has 2 atom stereocenters. The number of rotatable bonds is 2. The number of benzene rings is 4. The van der Waals surface area contributed by atoms with Crippen molar-refractivity contribution in [1.82, 2.24) is 0 Å². The molecule has 0 amide bonds. The summed E-state index contributed by atoms with van der Waals surface area (Å²) in [6.45, 7) is 0. The molecule has 4 aromatic rings. The van der Waals surface area contributed by atoms with E-state index in [-0.39, 0.29) is 5.02 Å². The highest BCUT2D eigenvalue weighted by Gasteiger charge is 2.45. The highest BCUT2D eigenvalue weighted by Crippen LogP contribution is 2.51. The van der Waals surface area contributed by atoms with E-state index in [1.165, 1.54) is 16.8 Å². The largest absolute Gasteiger partial charge is 0.317 e. The Labute approximate surface area is 177 Å². The van der Waals surface area contributed by atoms with Crippen molar-refractivity contribution in [3.05, 3.63) is 101 Å². The van der Waals surface area contributed by atoms with Crippen LogP contribution in [0.5, 0.6) is 0 Å². The van der Waals surface area contributed by atoms with Gasteiger partial charge in [0.15, 0.2) is 0 Å². The summed E-state index contributed by atoms with van der Waals surface area (Å²) in [6.07, 6.45) is 0. The Morgan fingerprint density at radius 1 is 0.897 bits per heavy atom. The first-order valence-corrected chi connectivity index (χ1v) is 10.5. The van der Waals surface area contributed by atoms with Gasteiger partial charge in [0, 0.05) is 4.90 Å². The van der Waals surface area contributed by atoms with Gasteiger partial charge in [-0.2, -0.15) is 0 Å². The summed E-state index contributed by atoms with van der Waals surface area (Å²) in [6, 6.07) is 25.4. The second-order valence-electron chi connectivity index (χ2n) is 7.28. The lowest BCUT2D eigenvalue weighted by Crippen LogP contribution is -2.48. The molecule has 2 nitrogen and oxygen atoms in total. The fourth-order valence-corrected chi connectivity index (χ4v) is 5.58.